The summed E-state index contributed by atoms with van der Waals surface area (Å²) in [7, 11) is 0. The zero-order valence-corrected chi connectivity index (χ0v) is 19.5. The molecule has 7 heteroatoms. The number of carbonyl (C=O) groups is 1. The Bertz CT molecular complexity index is 1200. The Morgan fingerprint density at radius 3 is 2.41 bits per heavy atom. The number of nitrogens with one attached hydrogen (secondary N) is 1. The van der Waals surface area contributed by atoms with Crippen LogP contribution in [0.15, 0.2) is 77.4 Å². The van der Waals surface area contributed by atoms with E-state index in [1.165, 1.54) is 0 Å². The normalized spacial score (nSPS) is 10.7. The van der Waals surface area contributed by atoms with Gasteiger partial charge in [-0.05, 0) is 83.9 Å². The minimum Gasteiger partial charge on any atom is -0.487 e. The fourth-order valence-corrected chi connectivity index (χ4v) is 3.51. The summed E-state index contributed by atoms with van der Waals surface area (Å²) in [5.41, 5.74) is 5.33. The van der Waals surface area contributed by atoms with Crippen molar-refractivity contribution in [3.63, 3.8) is 0 Å². The minimum atomic E-state index is -0.124. The molecule has 0 aliphatic rings. The van der Waals surface area contributed by atoms with Crippen LogP contribution in [-0.2, 0) is 13.2 Å². The molecule has 4 aromatic rings. The SMILES string of the molecule is Cc1nn(-c2ccc(C(=O)NCc3ccc(OCc4ccccn4)cc3)cc2)c(C)c1Br. The molecule has 0 spiro atoms. The molecular weight excluding hydrogens is 468 g/mol. The minimum absolute atomic E-state index is 0.124. The molecule has 0 saturated heterocycles. The van der Waals surface area contributed by atoms with E-state index in [1.807, 2.05) is 85.3 Å². The number of hydrogen-bond acceptors (Lipinski definition) is 4. The highest BCUT2D eigenvalue weighted by Gasteiger charge is 2.11. The van der Waals surface area contributed by atoms with E-state index in [4.69, 9.17) is 4.74 Å². The Labute approximate surface area is 195 Å². The number of aromatic nitrogens is 3. The van der Waals surface area contributed by atoms with Crippen molar-refractivity contribution in [2.24, 2.45) is 0 Å². The van der Waals surface area contributed by atoms with Crippen molar-refractivity contribution in [1.82, 2.24) is 20.1 Å². The van der Waals surface area contributed by atoms with Crippen LogP contribution in [0.3, 0.4) is 0 Å². The van der Waals surface area contributed by atoms with Gasteiger partial charge in [0.2, 0.25) is 0 Å². The summed E-state index contributed by atoms with van der Waals surface area (Å²) in [6.45, 7) is 4.81. The Balaban J connectivity index is 1.32. The first-order valence-corrected chi connectivity index (χ1v) is 11.0. The van der Waals surface area contributed by atoms with Crippen molar-refractivity contribution in [3.05, 3.63) is 106 Å². The van der Waals surface area contributed by atoms with Gasteiger partial charge in [0.1, 0.15) is 12.4 Å². The molecule has 0 unspecified atom stereocenters. The van der Waals surface area contributed by atoms with Crippen LogP contribution in [0.2, 0.25) is 0 Å². The number of ether oxygens (including phenoxy) is 1. The van der Waals surface area contributed by atoms with Gasteiger partial charge in [0.05, 0.1) is 27.2 Å². The Hall–Kier alpha value is -3.45. The lowest BCUT2D eigenvalue weighted by Crippen LogP contribution is -2.22. The molecule has 0 radical (unpaired) electrons. The first kappa shape index (κ1) is 21.8. The summed E-state index contributed by atoms with van der Waals surface area (Å²) in [5, 5.41) is 7.48. The van der Waals surface area contributed by atoms with E-state index in [0.717, 1.165) is 38.6 Å². The lowest BCUT2D eigenvalue weighted by molar-refractivity contribution is 0.0951. The third-order valence-corrected chi connectivity index (χ3v) is 6.21. The van der Waals surface area contributed by atoms with Crippen LogP contribution >= 0.6 is 15.9 Å². The molecule has 4 rings (SSSR count). The quantitative estimate of drug-likeness (QED) is 0.388. The third kappa shape index (κ3) is 5.06. The van der Waals surface area contributed by atoms with Crippen molar-refractivity contribution in [3.8, 4) is 11.4 Å². The number of amides is 1. The molecule has 2 aromatic carbocycles. The van der Waals surface area contributed by atoms with Crippen LogP contribution in [0, 0.1) is 13.8 Å². The van der Waals surface area contributed by atoms with Gasteiger partial charge in [0.25, 0.3) is 5.91 Å². The Morgan fingerprint density at radius 2 is 1.78 bits per heavy atom. The van der Waals surface area contributed by atoms with Gasteiger partial charge in [-0.25, -0.2) is 4.68 Å². The topological polar surface area (TPSA) is 69.0 Å². The van der Waals surface area contributed by atoms with Gasteiger partial charge in [0.15, 0.2) is 0 Å². The summed E-state index contributed by atoms with van der Waals surface area (Å²) in [5.74, 6) is 0.638. The van der Waals surface area contributed by atoms with Gasteiger partial charge in [-0.2, -0.15) is 5.10 Å². The maximum absolute atomic E-state index is 12.5. The second-order valence-electron chi connectivity index (χ2n) is 7.38. The first-order chi connectivity index (χ1) is 15.5. The van der Waals surface area contributed by atoms with E-state index in [-0.39, 0.29) is 5.91 Å². The summed E-state index contributed by atoms with van der Waals surface area (Å²) >= 11 is 3.54. The van der Waals surface area contributed by atoms with Gasteiger partial charge in [0, 0.05) is 18.3 Å². The number of nitrogens with zero attached hydrogens (tertiary/aromatic N) is 3. The lowest BCUT2D eigenvalue weighted by Gasteiger charge is -2.09. The van der Waals surface area contributed by atoms with Gasteiger partial charge in [-0.1, -0.05) is 18.2 Å². The van der Waals surface area contributed by atoms with Gasteiger partial charge >= 0.3 is 0 Å². The number of carbonyl (C=O) groups excluding carboxylic acids is 1. The molecule has 2 aromatic heterocycles. The highest BCUT2D eigenvalue weighted by molar-refractivity contribution is 9.10. The van der Waals surface area contributed by atoms with Gasteiger partial charge < -0.3 is 10.1 Å². The monoisotopic (exact) mass is 490 g/mol. The van der Waals surface area contributed by atoms with Crippen LogP contribution in [0.25, 0.3) is 5.69 Å². The Kier molecular flexibility index (Phi) is 6.66. The molecule has 6 nitrogen and oxygen atoms in total. The molecular formula is C25H23BrN4O2. The molecule has 1 N–H and O–H groups in total. The van der Waals surface area contributed by atoms with E-state index in [0.29, 0.717) is 18.7 Å². The predicted molar refractivity (Wildman–Crippen MR) is 127 cm³/mol. The molecule has 0 aliphatic carbocycles. The average molecular weight is 491 g/mol. The lowest BCUT2D eigenvalue weighted by atomic mass is 10.1. The Morgan fingerprint density at radius 1 is 1.03 bits per heavy atom. The average Bonchev–Trinajstić information content (AvgIpc) is 3.10. The summed E-state index contributed by atoms with van der Waals surface area (Å²) in [6.07, 6.45) is 1.75. The number of rotatable bonds is 7. The number of hydrogen-bond donors (Lipinski definition) is 1. The summed E-state index contributed by atoms with van der Waals surface area (Å²) in [6, 6.07) is 20.8. The maximum atomic E-state index is 12.5. The standard InChI is InChI=1S/C25H23BrN4O2/c1-17-24(26)18(2)30(29-17)22-10-8-20(9-11-22)25(31)28-15-19-6-12-23(13-7-19)32-16-21-5-3-4-14-27-21/h3-14H,15-16H2,1-2H3,(H,28,31). The molecule has 162 valence electrons. The summed E-state index contributed by atoms with van der Waals surface area (Å²) < 4.78 is 8.60. The second kappa shape index (κ2) is 9.78. The smallest absolute Gasteiger partial charge is 0.251 e. The van der Waals surface area contributed by atoms with E-state index < -0.39 is 0 Å². The zero-order valence-electron chi connectivity index (χ0n) is 17.9. The maximum Gasteiger partial charge on any atom is 0.251 e. The highest BCUT2D eigenvalue weighted by atomic mass is 79.9. The van der Waals surface area contributed by atoms with E-state index >= 15 is 0 Å². The number of pyridine rings is 1. The van der Waals surface area contributed by atoms with E-state index in [9.17, 15) is 4.79 Å². The summed E-state index contributed by atoms with van der Waals surface area (Å²) in [4.78, 5) is 16.8. The van der Waals surface area contributed by atoms with Crippen molar-refractivity contribution in [1.29, 1.82) is 0 Å². The van der Waals surface area contributed by atoms with Gasteiger partial charge in [-0.15, -0.1) is 0 Å². The number of halogens is 1. The van der Waals surface area contributed by atoms with Gasteiger partial charge in [-0.3, -0.25) is 9.78 Å². The van der Waals surface area contributed by atoms with Crippen molar-refractivity contribution in [2.45, 2.75) is 27.0 Å². The van der Waals surface area contributed by atoms with Crippen molar-refractivity contribution >= 4 is 21.8 Å². The molecule has 0 saturated carbocycles. The largest absolute Gasteiger partial charge is 0.487 e. The molecule has 32 heavy (non-hydrogen) atoms. The molecule has 2 heterocycles. The third-order valence-electron chi connectivity index (χ3n) is 5.07. The van der Waals surface area contributed by atoms with Crippen molar-refractivity contribution < 1.29 is 9.53 Å². The fraction of sp³-hybridized carbons (Fsp3) is 0.160. The van der Waals surface area contributed by atoms with Crippen LogP contribution in [-0.4, -0.2) is 20.7 Å². The van der Waals surface area contributed by atoms with Crippen LogP contribution < -0.4 is 10.1 Å². The molecule has 0 aliphatic heterocycles. The zero-order chi connectivity index (χ0) is 22.5. The molecule has 0 fully saturated rings. The fourth-order valence-electron chi connectivity index (χ4n) is 3.26. The molecule has 0 atom stereocenters. The van der Waals surface area contributed by atoms with Crippen molar-refractivity contribution in [2.75, 3.05) is 0 Å². The number of aryl methyl sites for hydroxylation is 1. The first-order valence-electron chi connectivity index (χ1n) is 10.2. The predicted octanol–water partition coefficient (Wildman–Crippen LogP) is 5.16. The van der Waals surface area contributed by atoms with E-state index in [1.54, 1.807) is 6.20 Å². The molecule has 1 amide bonds. The highest BCUT2D eigenvalue weighted by Crippen LogP contribution is 2.23. The van der Waals surface area contributed by atoms with Crippen LogP contribution in [0.1, 0.15) is 33.0 Å². The van der Waals surface area contributed by atoms with Crippen LogP contribution in [0.4, 0.5) is 0 Å². The van der Waals surface area contributed by atoms with E-state index in [2.05, 4.69) is 31.3 Å². The van der Waals surface area contributed by atoms with Crippen LogP contribution in [0.5, 0.6) is 5.75 Å². The molecule has 0 bridgehead atoms. The second-order valence-corrected chi connectivity index (χ2v) is 8.17. The number of benzene rings is 2.